The second-order valence-corrected chi connectivity index (χ2v) is 8.36. The quantitative estimate of drug-likeness (QED) is 0.209. The van der Waals surface area contributed by atoms with Crippen molar-refractivity contribution in [2.75, 3.05) is 7.11 Å². The van der Waals surface area contributed by atoms with E-state index in [-0.39, 0.29) is 12.0 Å². The van der Waals surface area contributed by atoms with Gasteiger partial charge >= 0.3 is 18.1 Å². The van der Waals surface area contributed by atoms with Crippen LogP contribution in [0.2, 0.25) is 0 Å². The van der Waals surface area contributed by atoms with E-state index in [1.54, 1.807) is 6.92 Å². The summed E-state index contributed by atoms with van der Waals surface area (Å²) in [6.45, 7) is 7.67. The van der Waals surface area contributed by atoms with Gasteiger partial charge in [-0.05, 0) is 52.4 Å². The molecule has 3 atom stereocenters. The molecule has 1 saturated carbocycles. The number of ether oxygens (including phenoxy) is 2. The van der Waals surface area contributed by atoms with Gasteiger partial charge in [0.15, 0.2) is 11.2 Å². The highest BCUT2D eigenvalue weighted by atomic mass is 32.2. The van der Waals surface area contributed by atoms with Crippen LogP contribution in [0.4, 0.5) is 13.2 Å². The topological polar surface area (TPSA) is 61.8 Å². The van der Waals surface area contributed by atoms with Crippen LogP contribution in [0.25, 0.3) is 0 Å². The van der Waals surface area contributed by atoms with Crippen molar-refractivity contribution in [2.24, 2.45) is 5.92 Å². The molecular formula is C22H37F3O5S. The van der Waals surface area contributed by atoms with Gasteiger partial charge in [-0.25, -0.2) is 0 Å². The maximum atomic E-state index is 13.6. The van der Waals surface area contributed by atoms with Crippen LogP contribution in [0.5, 0.6) is 0 Å². The molecule has 0 spiro atoms. The molecule has 1 aliphatic carbocycles. The third kappa shape index (κ3) is 11.8. The summed E-state index contributed by atoms with van der Waals surface area (Å²) in [5.74, 6) is -5.18. The molecule has 31 heavy (non-hydrogen) atoms. The lowest BCUT2D eigenvalue weighted by Crippen LogP contribution is -2.46. The number of carbonyl (C=O) groups excluding carboxylic acids is 2. The number of halogens is 3. The number of allylic oxidation sites excluding steroid dienone is 2. The molecule has 0 radical (unpaired) electrons. The molecular weight excluding hydrogens is 433 g/mol. The van der Waals surface area contributed by atoms with E-state index < -0.39 is 41.5 Å². The van der Waals surface area contributed by atoms with Crippen molar-refractivity contribution in [2.45, 2.75) is 103 Å². The Kier molecular flexibility index (Phi) is 15.8. The molecule has 0 saturated heterocycles. The summed E-state index contributed by atoms with van der Waals surface area (Å²) in [5, 5.41) is -1.86. The fraction of sp³-hybridized carbons (Fsp3) is 0.818. The highest BCUT2D eigenvalue weighted by Gasteiger charge is 2.55. The second kappa shape index (κ2) is 16.4. The second-order valence-electron chi connectivity index (χ2n) is 7.32. The van der Waals surface area contributed by atoms with Crippen LogP contribution < -0.4 is 0 Å². The van der Waals surface area contributed by atoms with Crippen LogP contribution in [0.1, 0.15) is 79.1 Å². The number of hydrogen-bond donors (Lipinski definition) is 0. The fourth-order valence-electron chi connectivity index (χ4n) is 3.08. The van der Waals surface area contributed by atoms with E-state index in [0.717, 1.165) is 32.8 Å². The Morgan fingerprint density at radius 1 is 1.06 bits per heavy atom. The molecule has 0 aliphatic heterocycles. The maximum Gasteiger partial charge on any atom is 0.403 e. The zero-order valence-electron chi connectivity index (χ0n) is 19.2. The lowest BCUT2D eigenvalue weighted by Gasteiger charge is -2.29. The maximum absolute atomic E-state index is 13.6. The lowest BCUT2D eigenvalue weighted by molar-refractivity contribution is -0.205. The third-order valence-corrected chi connectivity index (χ3v) is 5.72. The summed E-state index contributed by atoms with van der Waals surface area (Å²) >= 11 is 0.285. The Morgan fingerprint density at radius 3 is 2.06 bits per heavy atom. The minimum atomic E-state index is -4.95. The molecule has 182 valence electrons. The van der Waals surface area contributed by atoms with Crippen LogP contribution in [0, 0.1) is 5.92 Å². The number of hydrogen-bond acceptors (Lipinski definition) is 6. The first-order chi connectivity index (χ1) is 14.7. The van der Waals surface area contributed by atoms with Crippen molar-refractivity contribution in [1.82, 2.24) is 0 Å². The fourth-order valence-corrected chi connectivity index (χ4v) is 3.80. The number of esters is 2. The Morgan fingerprint density at radius 2 is 1.65 bits per heavy atom. The van der Waals surface area contributed by atoms with Crippen molar-refractivity contribution >= 4 is 24.0 Å². The van der Waals surface area contributed by atoms with Crippen LogP contribution in [-0.4, -0.2) is 42.7 Å². The Hall–Kier alpha value is -1.22. The molecule has 1 rings (SSSR count). The summed E-state index contributed by atoms with van der Waals surface area (Å²) in [7, 11) is 1.15. The SMILES string of the molecule is C/C=C\C.CCCC(CC)OC(=O)C(SOC)C(C(=O)OC1CCCCC1)C(F)(F)F. The zero-order valence-corrected chi connectivity index (χ0v) is 20.0. The minimum absolute atomic E-state index is 0.285. The Labute approximate surface area is 188 Å². The van der Waals surface area contributed by atoms with Crippen LogP contribution in [-0.2, 0) is 23.2 Å². The number of rotatable bonds is 10. The van der Waals surface area contributed by atoms with E-state index in [9.17, 15) is 22.8 Å². The molecule has 0 N–H and O–H groups in total. The molecule has 0 aromatic heterocycles. The molecule has 3 unspecified atom stereocenters. The molecule has 1 fully saturated rings. The van der Waals surface area contributed by atoms with Gasteiger partial charge in [-0.3, -0.25) is 9.59 Å². The first-order valence-electron chi connectivity index (χ1n) is 10.9. The first-order valence-corrected chi connectivity index (χ1v) is 11.7. The smallest absolute Gasteiger partial charge is 0.403 e. The molecule has 9 heteroatoms. The van der Waals surface area contributed by atoms with Gasteiger partial charge in [-0.1, -0.05) is 38.8 Å². The van der Waals surface area contributed by atoms with E-state index in [2.05, 4.69) is 0 Å². The summed E-state index contributed by atoms with van der Waals surface area (Å²) in [6, 6.07) is 0. The predicted octanol–water partition coefficient (Wildman–Crippen LogP) is 6.41. The van der Waals surface area contributed by atoms with E-state index in [4.69, 9.17) is 13.7 Å². The van der Waals surface area contributed by atoms with Gasteiger partial charge in [-0.15, -0.1) is 0 Å². The zero-order chi connectivity index (χ0) is 23.9. The molecule has 0 heterocycles. The van der Waals surface area contributed by atoms with E-state index >= 15 is 0 Å². The van der Waals surface area contributed by atoms with Crippen molar-refractivity contribution in [3.63, 3.8) is 0 Å². The van der Waals surface area contributed by atoms with Crippen molar-refractivity contribution in [3.8, 4) is 0 Å². The van der Waals surface area contributed by atoms with Crippen molar-refractivity contribution in [1.29, 1.82) is 0 Å². The molecule has 1 aliphatic rings. The molecule has 0 amide bonds. The average Bonchev–Trinajstić information content (AvgIpc) is 2.72. The van der Waals surface area contributed by atoms with Crippen LogP contribution in [0.3, 0.4) is 0 Å². The summed E-state index contributed by atoms with van der Waals surface area (Å²) < 4.78 is 56.0. The Balaban J connectivity index is 0.00000206. The highest BCUT2D eigenvalue weighted by Crippen LogP contribution is 2.37. The van der Waals surface area contributed by atoms with Crippen LogP contribution >= 0.6 is 12.0 Å². The predicted molar refractivity (Wildman–Crippen MR) is 116 cm³/mol. The monoisotopic (exact) mass is 470 g/mol. The van der Waals surface area contributed by atoms with E-state index in [1.165, 1.54) is 0 Å². The largest absolute Gasteiger partial charge is 0.462 e. The van der Waals surface area contributed by atoms with E-state index in [0.29, 0.717) is 25.7 Å². The number of carbonyl (C=O) groups is 2. The van der Waals surface area contributed by atoms with Gasteiger partial charge in [0.25, 0.3) is 0 Å². The summed E-state index contributed by atoms with van der Waals surface area (Å²) in [5.41, 5.74) is 0. The number of alkyl halides is 3. The van der Waals surface area contributed by atoms with Gasteiger partial charge in [-0.2, -0.15) is 13.2 Å². The van der Waals surface area contributed by atoms with E-state index in [1.807, 2.05) is 32.9 Å². The molecule has 0 bridgehead atoms. The van der Waals surface area contributed by atoms with Gasteiger partial charge in [0.1, 0.15) is 12.2 Å². The van der Waals surface area contributed by atoms with Gasteiger partial charge in [0.05, 0.1) is 7.11 Å². The lowest BCUT2D eigenvalue weighted by atomic mass is 9.97. The summed E-state index contributed by atoms with van der Waals surface area (Å²) in [6.07, 6.45) is 3.42. The van der Waals surface area contributed by atoms with Crippen molar-refractivity contribution in [3.05, 3.63) is 12.2 Å². The molecule has 0 aromatic rings. The molecule has 5 nitrogen and oxygen atoms in total. The van der Waals surface area contributed by atoms with Crippen LogP contribution in [0.15, 0.2) is 12.2 Å². The van der Waals surface area contributed by atoms with Gasteiger partial charge < -0.3 is 13.7 Å². The van der Waals surface area contributed by atoms with Crippen molar-refractivity contribution < 1.29 is 36.4 Å². The Bertz CT molecular complexity index is 530. The van der Waals surface area contributed by atoms with Gasteiger partial charge in [0, 0.05) is 12.0 Å². The third-order valence-electron chi connectivity index (χ3n) is 4.86. The van der Waals surface area contributed by atoms with Gasteiger partial charge in [0.2, 0.25) is 0 Å². The molecule has 0 aromatic carbocycles. The summed E-state index contributed by atoms with van der Waals surface area (Å²) in [4.78, 5) is 24.8. The standard InChI is InChI=1S/C18H29F3O5S.C4H8/c1-4-9-12(5-2)25-17(23)15(27-24-3)14(18(19,20)21)16(22)26-13-10-7-6-8-11-13;1-3-4-2/h12-15H,4-11H2,1-3H3;3-4H,1-2H3/b;4-3-. The highest BCUT2D eigenvalue weighted by molar-refractivity contribution is 7.96. The normalized spacial score (nSPS) is 17.9. The first kappa shape index (κ1) is 29.8. The average molecular weight is 471 g/mol. The minimum Gasteiger partial charge on any atom is -0.462 e.